The van der Waals surface area contributed by atoms with Crippen LogP contribution in [0.4, 0.5) is 5.69 Å². The second-order valence-electron chi connectivity index (χ2n) is 4.88. The topological polar surface area (TPSA) is 78.7 Å². The number of ether oxygens (including phenoxy) is 2. The molecule has 2 aromatic carbocycles. The number of ketones is 1. The van der Waals surface area contributed by atoms with Crippen LogP contribution < -0.4 is 9.47 Å². The maximum Gasteiger partial charge on any atom is 0.270 e. The Balaban J connectivity index is 1.84. The number of allylic oxidation sites excluding steroid dienone is 1. The Morgan fingerprint density at radius 2 is 1.91 bits per heavy atom. The van der Waals surface area contributed by atoms with Crippen molar-refractivity contribution in [3.8, 4) is 11.5 Å². The van der Waals surface area contributed by atoms with Crippen molar-refractivity contribution >= 4 is 17.5 Å². The molecule has 0 aromatic heterocycles. The highest BCUT2D eigenvalue weighted by atomic mass is 16.6. The summed E-state index contributed by atoms with van der Waals surface area (Å²) in [6.07, 6.45) is 2.99. The number of nitrogens with zero attached hydrogens (tertiary/aromatic N) is 1. The third-order valence-corrected chi connectivity index (χ3v) is 3.35. The van der Waals surface area contributed by atoms with E-state index in [0.717, 1.165) is 5.56 Å². The van der Waals surface area contributed by atoms with E-state index in [2.05, 4.69) is 0 Å². The van der Waals surface area contributed by atoms with Gasteiger partial charge in [-0.15, -0.1) is 0 Å². The van der Waals surface area contributed by atoms with Crippen LogP contribution in [0.3, 0.4) is 0 Å². The SMILES string of the molecule is O=C(/C=C/c1cccc2c1OCCO2)c1cccc([N+](=O)[O-])c1. The molecule has 0 aliphatic carbocycles. The average Bonchev–Trinajstić information content (AvgIpc) is 2.59. The normalized spacial score (nSPS) is 13.0. The van der Waals surface area contributed by atoms with Crippen LogP contribution >= 0.6 is 0 Å². The van der Waals surface area contributed by atoms with Crippen LogP contribution in [0.25, 0.3) is 6.08 Å². The molecule has 0 amide bonds. The minimum absolute atomic E-state index is 0.113. The largest absolute Gasteiger partial charge is 0.486 e. The Kier molecular flexibility index (Phi) is 4.05. The van der Waals surface area contributed by atoms with Crippen LogP contribution in [-0.2, 0) is 0 Å². The first-order chi connectivity index (χ1) is 11.1. The smallest absolute Gasteiger partial charge is 0.270 e. The zero-order valence-corrected chi connectivity index (χ0v) is 12.1. The van der Waals surface area contributed by atoms with Crippen LogP contribution in [0.2, 0.25) is 0 Å². The van der Waals surface area contributed by atoms with Gasteiger partial charge in [0.15, 0.2) is 17.3 Å². The lowest BCUT2D eigenvalue weighted by atomic mass is 10.1. The molecule has 0 N–H and O–H groups in total. The monoisotopic (exact) mass is 311 g/mol. The maximum atomic E-state index is 12.2. The lowest BCUT2D eigenvalue weighted by Gasteiger charge is -2.19. The van der Waals surface area contributed by atoms with Crippen LogP contribution in [-0.4, -0.2) is 23.9 Å². The van der Waals surface area contributed by atoms with E-state index in [0.29, 0.717) is 24.7 Å². The van der Waals surface area contributed by atoms with Crippen molar-refractivity contribution in [1.29, 1.82) is 0 Å². The average molecular weight is 311 g/mol. The molecule has 3 rings (SSSR count). The number of rotatable bonds is 4. The highest BCUT2D eigenvalue weighted by Gasteiger charge is 2.14. The first-order valence-corrected chi connectivity index (χ1v) is 7.00. The van der Waals surface area contributed by atoms with Gasteiger partial charge in [-0.05, 0) is 18.2 Å². The van der Waals surface area contributed by atoms with E-state index in [9.17, 15) is 14.9 Å². The molecule has 0 saturated heterocycles. The van der Waals surface area contributed by atoms with Crippen molar-refractivity contribution in [3.63, 3.8) is 0 Å². The van der Waals surface area contributed by atoms with Gasteiger partial charge in [0.1, 0.15) is 13.2 Å². The molecule has 6 heteroatoms. The molecule has 2 aromatic rings. The molecule has 23 heavy (non-hydrogen) atoms. The van der Waals surface area contributed by atoms with Crippen molar-refractivity contribution in [1.82, 2.24) is 0 Å². The van der Waals surface area contributed by atoms with E-state index in [1.807, 2.05) is 12.1 Å². The lowest BCUT2D eigenvalue weighted by molar-refractivity contribution is -0.384. The summed E-state index contributed by atoms with van der Waals surface area (Å²) in [6, 6.07) is 11.1. The first kappa shape index (κ1) is 14.8. The summed E-state index contributed by atoms with van der Waals surface area (Å²) in [5.74, 6) is 0.922. The highest BCUT2D eigenvalue weighted by molar-refractivity contribution is 6.07. The minimum atomic E-state index is -0.529. The summed E-state index contributed by atoms with van der Waals surface area (Å²) in [5, 5.41) is 10.8. The fourth-order valence-electron chi connectivity index (χ4n) is 2.26. The summed E-state index contributed by atoms with van der Waals surface area (Å²) in [6.45, 7) is 0.948. The van der Waals surface area contributed by atoms with Crippen LogP contribution in [0, 0.1) is 10.1 Å². The predicted octanol–water partition coefficient (Wildman–Crippen LogP) is 3.26. The van der Waals surface area contributed by atoms with Gasteiger partial charge in [-0.25, -0.2) is 0 Å². The molecule has 0 bridgehead atoms. The fourth-order valence-corrected chi connectivity index (χ4v) is 2.26. The molecule has 0 spiro atoms. The second kappa shape index (κ2) is 6.31. The minimum Gasteiger partial charge on any atom is -0.486 e. The Morgan fingerprint density at radius 1 is 1.13 bits per heavy atom. The summed E-state index contributed by atoms with van der Waals surface area (Å²) in [7, 11) is 0. The summed E-state index contributed by atoms with van der Waals surface area (Å²) >= 11 is 0. The lowest BCUT2D eigenvalue weighted by Crippen LogP contribution is -2.15. The van der Waals surface area contributed by atoms with Crippen LogP contribution in [0.1, 0.15) is 15.9 Å². The van der Waals surface area contributed by atoms with Gasteiger partial charge in [0.05, 0.1) is 4.92 Å². The molecule has 116 valence electrons. The van der Waals surface area contributed by atoms with E-state index in [-0.39, 0.29) is 17.0 Å². The first-order valence-electron chi connectivity index (χ1n) is 7.00. The molecule has 0 atom stereocenters. The van der Waals surface area contributed by atoms with Gasteiger partial charge < -0.3 is 9.47 Å². The number of nitro benzene ring substituents is 1. The van der Waals surface area contributed by atoms with Crippen LogP contribution in [0.15, 0.2) is 48.5 Å². The van der Waals surface area contributed by atoms with E-state index >= 15 is 0 Å². The van der Waals surface area contributed by atoms with Gasteiger partial charge in [0.2, 0.25) is 0 Å². The van der Waals surface area contributed by atoms with Gasteiger partial charge in [-0.1, -0.05) is 24.3 Å². The van der Waals surface area contributed by atoms with E-state index < -0.39 is 4.92 Å². The van der Waals surface area contributed by atoms with E-state index in [1.165, 1.54) is 24.3 Å². The number of benzene rings is 2. The molecule has 1 aliphatic rings. The number of nitro groups is 1. The molecule has 0 unspecified atom stereocenters. The van der Waals surface area contributed by atoms with Crippen molar-refractivity contribution in [2.24, 2.45) is 0 Å². The molecule has 6 nitrogen and oxygen atoms in total. The third-order valence-electron chi connectivity index (χ3n) is 3.35. The van der Waals surface area contributed by atoms with Crippen molar-refractivity contribution in [3.05, 3.63) is 69.8 Å². The number of carbonyl (C=O) groups is 1. The molecule has 1 heterocycles. The second-order valence-corrected chi connectivity index (χ2v) is 4.88. The summed E-state index contributed by atoms with van der Waals surface area (Å²) in [5.41, 5.74) is 0.872. The molecule has 1 aliphatic heterocycles. The Hall–Kier alpha value is -3.15. The fraction of sp³-hybridized carbons (Fsp3) is 0.118. The third kappa shape index (κ3) is 3.21. The number of hydrogen-bond donors (Lipinski definition) is 0. The quantitative estimate of drug-likeness (QED) is 0.375. The van der Waals surface area contributed by atoms with Crippen molar-refractivity contribution in [2.45, 2.75) is 0 Å². The van der Waals surface area contributed by atoms with Crippen molar-refractivity contribution in [2.75, 3.05) is 13.2 Å². The molecule has 0 radical (unpaired) electrons. The van der Waals surface area contributed by atoms with E-state index in [4.69, 9.17) is 9.47 Å². The Morgan fingerprint density at radius 3 is 2.74 bits per heavy atom. The van der Waals surface area contributed by atoms with Crippen LogP contribution in [0.5, 0.6) is 11.5 Å². The number of non-ortho nitro benzene ring substituents is 1. The van der Waals surface area contributed by atoms with Gasteiger partial charge >= 0.3 is 0 Å². The van der Waals surface area contributed by atoms with E-state index in [1.54, 1.807) is 18.2 Å². The number of fused-ring (bicyclic) bond motifs is 1. The maximum absolute atomic E-state index is 12.2. The number of para-hydroxylation sites is 1. The van der Waals surface area contributed by atoms with Gasteiger partial charge in [-0.2, -0.15) is 0 Å². The summed E-state index contributed by atoms with van der Waals surface area (Å²) in [4.78, 5) is 22.4. The van der Waals surface area contributed by atoms with Gasteiger partial charge in [0, 0.05) is 23.3 Å². The van der Waals surface area contributed by atoms with Crippen molar-refractivity contribution < 1.29 is 19.2 Å². The van der Waals surface area contributed by atoms with Gasteiger partial charge in [-0.3, -0.25) is 14.9 Å². The Bertz CT molecular complexity index is 797. The zero-order chi connectivity index (χ0) is 16.2. The number of hydrogen-bond acceptors (Lipinski definition) is 5. The molecular formula is C17H13NO5. The van der Waals surface area contributed by atoms with Gasteiger partial charge in [0.25, 0.3) is 5.69 Å². The highest BCUT2D eigenvalue weighted by Crippen LogP contribution is 2.34. The number of carbonyl (C=O) groups excluding carboxylic acids is 1. The molecule has 0 saturated carbocycles. The predicted molar refractivity (Wildman–Crippen MR) is 83.9 cm³/mol. The zero-order valence-electron chi connectivity index (χ0n) is 12.1. The molecule has 0 fully saturated rings. The Labute approximate surface area is 132 Å². The standard InChI is InChI=1S/C17H13NO5/c19-15(13-4-1-5-14(11-13)18(20)21)8-7-12-3-2-6-16-17(12)23-10-9-22-16/h1-8,11H,9-10H2/b8-7+. The summed E-state index contributed by atoms with van der Waals surface area (Å²) < 4.78 is 11.0. The molecular weight excluding hydrogens is 298 g/mol.